The first kappa shape index (κ1) is 9.92. The van der Waals surface area contributed by atoms with Crippen LogP contribution in [0.1, 0.15) is 27.7 Å². The Bertz CT molecular complexity index is 73.8. The molecule has 2 nitrogen and oxygen atoms in total. The van der Waals surface area contributed by atoms with Crippen LogP contribution in [0.3, 0.4) is 0 Å². The molecule has 0 aliphatic carbocycles. The van der Waals surface area contributed by atoms with Crippen LogP contribution in [-0.2, 0) is 0 Å². The van der Waals surface area contributed by atoms with E-state index in [2.05, 4.69) is 38.3 Å². The zero-order chi connectivity index (χ0) is 8.04. The summed E-state index contributed by atoms with van der Waals surface area (Å²) in [5.74, 6) is 0. The van der Waals surface area contributed by atoms with E-state index >= 15 is 0 Å². The van der Waals surface area contributed by atoms with Crippen LogP contribution in [0.15, 0.2) is 0 Å². The molecule has 0 aliphatic heterocycles. The van der Waals surface area contributed by atoms with Crippen molar-refractivity contribution >= 4 is 0 Å². The lowest BCUT2D eigenvalue weighted by atomic mass is 10.1. The summed E-state index contributed by atoms with van der Waals surface area (Å²) < 4.78 is 0. The molecule has 0 saturated heterocycles. The van der Waals surface area contributed by atoms with Gasteiger partial charge < -0.3 is 10.6 Å². The number of hydrogen-bond donors (Lipinski definition) is 2. The van der Waals surface area contributed by atoms with Crippen LogP contribution in [0.2, 0.25) is 0 Å². The summed E-state index contributed by atoms with van der Waals surface area (Å²) in [7, 11) is 0. The number of nitrogens with one attached hydrogen (secondary N) is 2. The van der Waals surface area contributed by atoms with E-state index in [0.717, 1.165) is 19.6 Å². The second-order valence-electron chi connectivity index (χ2n) is 3.53. The van der Waals surface area contributed by atoms with E-state index in [-0.39, 0.29) is 5.54 Å². The third kappa shape index (κ3) is 7.92. The molecule has 2 heteroatoms. The number of rotatable bonds is 4. The van der Waals surface area contributed by atoms with Gasteiger partial charge in [0.05, 0.1) is 0 Å². The van der Waals surface area contributed by atoms with Crippen LogP contribution < -0.4 is 10.6 Å². The largest absolute Gasteiger partial charge is 0.316 e. The molecular formula is C8H20N2. The lowest BCUT2D eigenvalue weighted by Gasteiger charge is -2.20. The Hall–Kier alpha value is -0.0800. The van der Waals surface area contributed by atoms with Gasteiger partial charge in [0.25, 0.3) is 0 Å². The monoisotopic (exact) mass is 144 g/mol. The molecule has 0 saturated carbocycles. The molecule has 0 aromatic rings. The van der Waals surface area contributed by atoms with Gasteiger partial charge in [-0.1, -0.05) is 6.92 Å². The molecule has 0 bridgehead atoms. The summed E-state index contributed by atoms with van der Waals surface area (Å²) in [4.78, 5) is 0. The van der Waals surface area contributed by atoms with Gasteiger partial charge in [0.15, 0.2) is 0 Å². The maximum Gasteiger partial charge on any atom is 0.00970 e. The van der Waals surface area contributed by atoms with E-state index < -0.39 is 0 Å². The molecule has 0 heterocycles. The average molecular weight is 144 g/mol. The SMILES string of the molecule is CCNCCNC(C)(C)C. The van der Waals surface area contributed by atoms with E-state index in [0.29, 0.717) is 0 Å². The average Bonchev–Trinajstić information content (AvgIpc) is 1.78. The molecule has 0 unspecified atom stereocenters. The third-order valence-corrected chi connectivity index (χ3v) is 1.21. The van der Waals surface area contributed by atoms with Gasteiger partial charge >= 0.3 is 0 Å². The Labute approximate surface area is 64.4 Å². The molecular weight excluding hydrogens is 124 g/mol. The van der Waals surface area contributed by atoms with Crippen molar-refractivity contribution in [3.05, 3.63) is 0 Å². The molecule has 0 amide bonds. The molecule has 0 radical (unpaired) electrons. The van der Waals surface area contributed by atoms with Crippen molar-refractivity contribution in [2.75, 3.05) is 19.6 Å². The second-order valence-corrected chi connectivity index (χ2v) is 3.53. The lowest BCUT2D eigenvalue weighted by molar-refractivity contribution is 0.423. The molecule has 0 rings (SSSR count). The Morgan fingerprint density at radius 3 is 2.10 bits per heavy atom. The molecule has 0 spiro atoms. The topological polar surface area (TPSA) is 24.1 Å². The summed E-state index contributed by atoms with van der Waals surface area (Å²) >= 11 is 0. The Balaban J connectivity index is 3.04. The summed E-state index contributed by atoms with van der Waals surface area (Å²) in [6.45, 7) is 11.8. The van der Waals surface area contributed by atoms with Crippen molar-refractivity contribution in [2.45, 2.75) is 33.2 Å². The zero-order valence-electron chi connectivity index (χ0n) is 7.62. The van der Waals surface area contributed by atoms with Gasteiger partial charge in [0, 0.05) is 18.6 Å². The van der Waals surface area contributed by atoms with Gasteiger partial charge in [0.2, 0.25) is 0 Å². The number of hydrogen-bond acceptors (Lipinski definition) is 2. The molecule has 0 fully saturated rings. The van der Waals surface area contributed by atoms with E-state index in [4.69, 9.17) is 0 Å². The summed E-state index contributed by atoms with van der Waals surface area (Å²) in [5, 5.41) is 6.65. The van der Waals surface area contributed by atoms with Gasteiger partial charge in [-0.05, 0) is 27.3 Å². The van der Waals surface area contributed by atoms with Gasteiger partial charge in [-0.25, -0.2) is 0 Å². The van der Waals surface area contributed by atoms with Crippen molar-refractivity contribution in [1.82, 2.24) is 10.6 Å². The van der Waals surface area contributed by atoms with Crippen LogP contribution in [-0.4, -0.2) is 25.2 Å². The summed E-state index contributed by atoms with van der Waals surface area (Å²) in [6.07, 6.45) is 0. The van der Waals surface area contributed by atoms with Crippen LogP contribution in [0.25, 0.3) is 0 Å². The zero-order valence-corrected chi connectivity index (χ0v) is 7.62. The van der Waals surface area contributed by atoms with Gasteiger partial charge in [-0.3, -0.25) is 0 Å². The van der Waals surface area contributed by atoms with Gasteiger partial charge in [-0.15, -0.1) is 0 Å². The Morgan fingerprint density at radius 2 is 1.70 bits per heavy atom. The minimum absolute atomic E-state index is 0.259. The molecule has 0 atom stereocenters. The molecule has 10 heavy (non-hydrogen) atoms. The highest BCUT2D eigenvalue weighted by molar-refractivity contribution is 4.70. The first-order chi connectivity index (χ1) is 4.56. The highest BCUT2D eigenvalue weighted by Crippen LogP contribution is 1.95. The fourth-order valence-electron chi connectivity index (χ4n) is 0.703. The van der Waals surface area contributed by atoms with Crippen LogP contribution in [0.5, 0.6) is 0 Å². The van der Waals surface area contributed by atoms with Crippen molar-refractivity contribution < 1.29 is 0 Å². The normalized spacial score (nSPS) is 12.0. The van der Waals surface area contributed by atoms with Gasteiger partial charge in [0.1, 0.15) is 0 Å². The highest BCUT2D eigenvalue weighted by Gasteiger charge is 2.06. The fourth-order valence-corrected chi connectivity index (χ4v) is 0.703. The maximum absolute atomic E-state index is 3.39. The first-order valence-electron chi connectivity index (χ1n) is 4.02. The molecule has 0 aromatic heterocycles. The smallest absolute Gasteiger partial charge is 0.00970 e. The van der Waals surface area contributed by atoms with E-state index in [9.17, 15) is 0 Å². The summed E-state index contributed by atoms with van der Waals surface area (Å²) in [5.41, 5.74) is 0.259. The quantitative estimate of drug-likeness (QED) is 0.575. The Morgan fingerprint density at radius 1 is 1.10 bits per heavy atom. The van der Waals surface area contributed by atoms with Crippen molar-refractivity contribution in [3.63, 3.8) is 0 Å². The maximum atomic E-state index is 3.39. The number of likely N-dealkylation sites (N-methyl/N-ethyl adjacent to an activating group) is 1. The standard InChI is InChI=1S/C8H20N2/c1-5-9-6-7-10-8(2,3)4/h9-10H,5-7H2,1-4H3. The van der Waals surface area contributed by atoms with Crippen molar-refractivity contribution in [2.24, 2.45) is 0 Å². The van der Waals surface area contributed by atoms with Crippen molar-refractivity contribution in [3.8, 4) is 0 Å². The fraction of sp³-hybridized carbons (Fsp3) is 1.00. The van der Waals surface area contributed by atoms with Crippen LogP contribution in [0, 0.1) is 0 Å². The predicted octanol–water partition coefficient (Wildman–Crippen LogP) is 0.984. The summed E-state index contributed by atoms with van der Waals surface area (Å²) in [6, 6.07) is 0. The molecule has 0 aromatic carbocycles. The van der Waals surface area contributed by atoms with Crippen molar-refractivity contribution in [1.29, 1.82) is 0 Å². The van der Waals surface area contributed by atoms with Gasteiger partial charge in [-0.2, -0.15) is 0 Å². The van der Waals surface area contributed by atoms with E-state index in [1.54, 1.807) is 0 Å². The highest BCUT2D eigenvalue weighted by atomic mass is 15.0. The third-order valence-electron chi connectivity index (χ3n) is 1.21. The first-order valence-corrected chi connectivity index (χ1v) is 4.02. The molecule has 0 aliphatic rings. The predicted molar refractivity (Wildman–Crippen MR) is 46.3 cm³/mol. The second kappa shape index (κ2) is 4.69. The lowest BCUT2D eigenvalue weighted by Crippen LogP contribution is -2.40. The minimum atomic E-state index is 0.259. The van der Waals surface area contributed by atoms with Crippen LogP contribution in [0.4, 0.5) is 0 Å². The van der Waals surface area contributed by atoms with E-state index in [1.807, 2.05) is 0 Å². The van der Waals surface area contributed by atoms with Crippen LogP contribution >= 0.6 is 0 Å². The van der Waals surface area contributed by atoms with E-state index in [1.165, 1.54) is 0 Å². The minimum Gasteiger partial charge on any atom is -0.316 e. The Kier molecular flexibility index (Phi) is 4.65. The molecule has 2 N–H and O–H groups in total. The molecule has 62 valence electrons.